The third-order valence-electron chi connectivity index (χ3n) is 4.74. The average Bonchev–Trinajstić information content (AvgIpc) is 2.95. The van der Waals surface area contributed by atoms with Gasteiger partial charge in [0, 0.05) is 30.7 Å². The monoisotopic (exact) mass is 464 g/mol. The quantitative estimate of drug-likeness (QED) is 0.693. The van der Waals surface area contributed by atoms with Crippen molar-refractivity contribution >= 4 is 38.8 Å². The number of benzene rings is 1. The molecule has 2 amide bonds. The number of nitrogens with zero attached hydrogens (tertiary/aromatic N) is 4. The molecule has 3 rings (SSSR count). The van der Waals surface area contributed by atoms with Crippen LogP contribution in [-0.4, -0.2) is 64.1 Å². The molecule has 1 saturated heterocycles. The van der Waals surface area contributed by atoms with Gasteiger partial charge in [0.1, 0.15) is 6.54 Å². The second-order valence-electron chi connectivity index (χ2n) is 7.53. The van der Waals surface area contributed by atoms with Crippen LogP contribution < -0.4 is 5.56 Å². The molecule has 8 nitrogen and oxygen atoms in total. The number of ether oxygens (including phenoxy) is 1. The number of hydrogen-bond acceptors (Lipinski definition) is 5. The summed E-state index contributed by atoms with van der Waals surface area (Å²) < 4.78 is 7.39. The third-order valence-corrected chi connectivity index (χ3v) is 5.23. The maximum atomic E-state index is 12.8. The van der Waals surface area contributed by atoms with Gasteiger partial charge in [-0.25, -0.2) is 9.78 Å². The number of hydrogen-bond donors (Lipinski definition) is 0. The molecule has 1 aliphatic rings. The van der Waals surface area contributed by atoms with E-state index in [0.717, 1.165) is 4.47 Å². The summed E-state index contributed by atoms with van der Waals surface area (Å²) in [7, 11) is 0. The molecule has 156 valence electrons. The van der Waals surface area contributed by atoms with Gasteiger partial charge in [0.25, 0.3) is 5.56 Å². The SMILES string of the molecule is CC(C)COC(=O)N1CCCN(C(=O)Cn2cnc3ccc(Br)cc3c2=O)CC1. The van der Waals surface area contributed by atoms with E-state index in [2.05, 4.69) is 20.9 Å². The van der Waals surface area contributed by atoms with E-state index in [1.165, 1.54) is 10.9 Å². The lowest BCUT2D eigenvalue weighted by Gasteiger charge is -2.22. The van der Waals surface area contributed by atoms with Gasteiger partial charge in [0.05, 0.1) is 23.8 Å². The van der Waals surface area contributed by atoms with Gasteiger partial charge in [0.15, 0.2) is 0 Å². The second kappa shape index (κ2) is 9.39. The van der Waals surface area contributed by atoms with Gasteiger partial charge in [-0.1, -0.05) is 29.8 Å². The first kappa shape index (κ1) is 21.3. The Kier molecular flexibility index (Phi) is 6.89. The number of halogens is 1. The first-order valence-electron chi connectivity index (χ1n) is 9.69. The van der Waals surface area contributed by atoms with Crippen molar-refractivity contribution in [1.29, 1.82) is 0 Å². The van der Waals surface area contributed by atoms with E-state index in [1.807, 2.05) is 19.9 Å². The maximum Gasteiger partial charge on any atom is 0.409 e. The van der Waals surface area contributed by atoms with E-state index in [1.54, 1.807) is 21.9 Å². The van der Waals surface area contributed by atoms with E-state index >= 15 is 0 Å². The van der Waals surface area contributed by atoms with Gasteiger partial charge in [0.2, 0.25) is 5.91 Å². The van der Waals surface area contributed by atoms with Crippen LogP contribution in [0.25, 0.3) is 10.9 Å². The van der Waals surface area contributed by atoms with Gasteiger partial charge in [-0.3, -0.25) is 14.2 Å². The van der Waals surface area contributed by atoms with E-state index < -0.39 is 0 Å². The molecule has 0 atom stereocenters. The summed E-state index contributed by atoms with van der Waals surface area (Å²) >= 11 is 3.36. The highest BCUT2D eigenvalue weighted by Crippen LogP contribution is 2.15. The minimum absolute atomic E-state index is 0.0773. The molecule has 1 aromatic carbocycles. The van der Waals surface area contributed by atoms with Crippen LogP contribution in [0.1, 0.15) is 20.3 Å². The Hall–Kier alpha value is -2.42. The molecular formula is C20H25BrN4O4. The second-order valence-corrected chi connectivity index (χ2v) is 8.45. The Labute approximate surface area is 177 Å². The number of aromatic nitrogens is 2. The first-order valence-corrected chi connectivity index (χ1v) is 10.5. The molecule has 9 heteroatoms. The molecule has 0 aliphatic carbocycles. The van der Waals surface area contributed by atoms with Crippen LogP contribution in [0, 0.1) is 5.92 Å². The molecule has 0 N–H and O–H groups in total. The fraction of sp³-hybridized carbons (Fsp3) is 0.500. The predicted molar refractivity (Wildman–Crippen MR) is 113 cm³/mol. The molecule has 0 radical (unpaired) electrons. The van der Waals surface area contributed by atoms with Crippen LogP contribution in [0.2, 0.25) is 0 Å². The fourth-order valence-corrected chi connectivity index (χ4v) is 3.53. The van der Waals surface area contributed by atoms with Gasteiger partial charge in [-0.2, -0.15) is 0 Å². The molecule has 0 unspecified atom stereocenters. The van der Waals surface area contributed by atoms with E-state index in [0.29, 0.717) is 50.1 Å². The number of carbonyl (C=O) groups excluding carboxylic acids is 2. The van der Waals surface area contributed by atoms with Crippen LogP contribution >= 0.6 is 15.9 Å². The largest absolute Gasteiger partial charge is 0.449 e. The van der Waals surface area contributed by atoms with Crippen molar-refractivity contribution in [2.75, 3.05) is 32.8 Å². The predicted octanol–water partition coefficient (Wildman–Crippen LogP) is 2.49. The van der Waals surface area contributed by atoms with Gasteiger partial charge in [-0.15, -0.1) is 0 Å². The molecule has 0 bridgehead atoms. The van der Waals surface area contributed by atoms with Crippen molar-refractivity contribution < 1.29 is 14.3 Å². The lowest BCUT2D eigenvalue weighted by atomic mass is 10.2. The Morgan fingerprint density at radius 2 is 1.90 bits per heavy atom. The Balaban J connectivity index is 1.64. The highest BCUT2D eigenvalue weighted by molar-refractivity contribution is 9.10. The zero-order chi connectivity index (χ0) is 21.0. The molecule has 0 saturated carbocycles. The number of fused-ring (bicyclic) bond motifs is 1. The van der Waals surface area contributed by atoms with Crippen molar-refractivity contribution in [2.24, 2.45) is 5.92 Å². The van der Waals surface area contributed by atoms with Gasteiger partial charge >= 0.3 is 6.09 Å². The van der Waals surface area contributed by atoms with Crippen molar-refractivity contribution in [3.63, 3.8) is 0 Å². The molecule has 1 aliphatic heterocycles. The van der Waals surface area contributed by atoms with Crippen LogP contribution in [0.4, 0.5) is 4.79 Å². The number of amides is 2. The topological polar surface area (TPSA) is 84.7 Å². The van der Waals surface area contributed by atoms with Crippen LogP contribution in [0.3, 0.4) is 0 Å². The zero-order valence-corrected chi connectivity index (χ0v) is 18.2. The standard InChI is InChI=1S/C20H25BrN4O4/c1-14(2)12-29-20(28)24-7-3-6-23(8-9-24)18(26)11-25-13-22-17-5-4-15(21)10-16(17)19(25)27/h4-5,10,13-14H,3,6-9,11-12H2,1-2H3. The van der Waals surface area contributed by atoms with E-state index in [9.17, 15) is 14.4 Å². The zero-order valence-electron chi connectivity index (χ0n) is 16.6. The van der Waals surface area contributed by atoms with E-state index in [-0.39, 0.29) is 30.0 Å². The fourth-order valence-electron chi connectivity index (χ4n) is 3.17. The molecule has 2 aromatic rings. The Morgan fingerprint density at radius 3 is 2.66 bits per heavy atom. The van der Waals surface area contributed by atoms with E-state index in [4.69, 9.17) is 4.74 Å². The third kappa shape index (κ3) is 5.35. The molecule has 1 aromatic heterocycles. The molecular weight excluding hydrogens is 440 g/mol. The van der Waals surface area contributed by atoms with Crippen LogP contribution in [-0.2, 0) is 16.1 Å². The minimum Gasteiger partial charge on any atom is -0.449 e. The summed E-state index contributed by atoms with van der Waals surface area (Å²) in [5, 5.41) is 0.463. The van der Waals surface area contributed by atoms with Crippen molar-refractivity contribution in [1.82, 2.24) is 19.4 Å². The summed E-state index contributed by atoms with van der Waals surface area (Å²) in [6.45, 7) is 6.19. The Morgan fingerprint density at radius 1 is 1.17 bits per heavy atom. The van der Waals surface area contributed by atoms with Crippen LogP contribution in [0.15, 0.2) is 33.8 Å². The summed E-state index contributed by atoms with van der Waals surface area (Å²) in [6.07, 6.45) is 1.73. The van der Waals surface area contributed by atoms with Crippen molar-refractivity contribution in [3.05, 3.63) is 39.4 Å². The molecule has 0 spiro atoms. The minimum atomic E-state index is -0.339. The highest BCUT2D eigenvalue weighted by atomic mass is 79.9. The Bertz CT molecular complexity index is 959. The summed E-state index contributed by atoms with van der Waals surface area (Å²) in [5.41, 5.74) is 0.339. The van der Waals surface area contributed by atoms with Crippen molar-refractivity contribution in [2.45, 2.75) is 26.8 Å². The maximum absolute atomic E-state index is 12.8. The van der Waals surface area contributed by atoms with Crippen LogP contribution in [0.5, 0.6) is 0 Å². The molecule has 29 heavy (non-hydrogen) atoms. The lowest BCUT2D eigenvalue weighted by Crippen LogP contribution is -2.40. The lowest BCUT2D eigenvalue weighted by molar-refractivity contribution is -0.131. The molecule has 2 heterocycles. The summed E-state index contributed by atoms with van der Waals surface area (Å²) in [4.78, 5) is 45.2. The smallest absolute Gasteiger partial charge is 0.409 e. The van der Waals surface area contributed by atoms with Gasteiger partial charge < -0.3 is 14.5 Å². The summed E-state index contributed by atoms with van der Waals surface area (Å²) in [6, 6.07) is 5.28. The summed E-state index contributed by atoms with van der Waals surface area (Å²) in [5.74, 6) is 0.110. The number of rotatable bonds is 4. The molecule has 1 fully saturated rings. The number of carbonyl (C=O) groups is 2. The van der Waals surface area contributed by atoms with Crippen molar-refractivity contribution in [3.8, 4) is 0 Å². The normalized spacial score (nSPS) is 14.9. The van der Waals surface area contributed by atoms with Gasteiger partial charge in [-0.05, 0) is 30.5 Å². The average molecular weight is 465 g/mol. The highest BCUT2D eigenvalue weighted by Gasteiger charge is 2.23. The first-order chi connectivity index (χ1) is 13.8.